The number of nitrogens with zero attached hydrogens (tertiary/aromatic N) is 1. The number of pyridine rings is 1. The lowest BCUT2D eigenvalue weighted by Crippen LogP contribution is -1.99. The molecule has 0 aliphatic rings. The van der Waals surface area contributed by atoms with Crippen LogP contribution < -0.4 is 0 Å². The van der Waals surface area contributed by atoms with Crippen LogP contribution in [0.4, 0.5) is 4.39 Å². The minimum absolute atomic E-state index is 0. The molecule has 0 radical (unpaired) electrons. The van der Waals surface area contributed by atoms with Crippen molar-refractivity contribution in [2.75, 3.05) is 0 Å². The number of rotatable bonds is 1. The second-order valence-electron chi connectivity index (χ2n) is 2.84. The molecule has 0 amide bonds. The molecule has 0 fully saturated rings. The molecule has 2 aromatic rings. The highest BCUT2D eigenvalue weighted by atomic mass is 35.5. The predicted molar refractivity (Wildman–Crippen MR) is 55.9 cm³/mol. The summed E-state index contributed by atoms with van der Waals surface area (Å²) in [6, 6.07) is 5.83. The third kappa shape index (κ3) is 2.05. The van der Waals surface area contributed by atoms with E-state index < -0.39 is 11.8 Å². The zero-order valence-corrected chi connectivity index (χ0v) is 8.29. The molecule has 5 heteroatoms. The molecular weight excluding hydrogens is 221 g/mol. The van der Waals surface area contributed by atoms with Gasteiger partial charge < -0.3 is 5.11 Å². The smallest absolute Gasteiger partial charge is 0.354 e. The van der Waals surface area contributed by atoms with Gasteiger partial charge in [-0.05, 0) is 17.5 Å². The largest absolute Gasteiger partial charge is 0.477 e. The van der Waals surface area contributed by atoms with Crippen LogP contribution in [0.1, 0.15) is 10.5 Å². The van der Waals surface area contributed by atoms with Crippen LogP contribution in [0.25, 0.3) is 10.8 Å². The van der Waals surface area contributed by atoms with Crippen molar-refractivity contribution in [3.8, 4) is 0 Å². The molecule has 0 saturated heterocycles. The number of halogens is 2. The molecule has 1 aromatic carbocycles. The fourth-order valence-corrected chi connectivity index (χ4v) is 1.25. The first-order valence-corrected chi connectivity index (χ1v) is 3.96. The number of carboxylic acid groups (broad SMARTS) is 1. The molecule has 0 aliphatic carbocycles. The minimum atomic E-state index is -1.11. The van der Waals surface area contributed by atoms with Gasteiger partial charge in [0.15, 0.2) is 0 Å². The Bertz CT molecular complexity index is 516. The van der Waals surface area contributed by atoms with Gasteiger partial charge in [0.1, 0.15) is 11.5 Å². The van der Waals surface area contributed by atoms with Crippen LogP contribution in [0.15, 0.2) is 30.5 Å². The fourth-order valence-electron chi connectivity index (χ4n) is 1.25. The summed E-state index contributed by atoms with van der Waals surface area (Å²) in [5.41, 5.74) is -0.0805. The normalized spacial score (nSPS) is 9.67. The Balaban J connectivity index is 0.00000112. The second-order valence-corrected chi connectivity index (χ2v) is 2.84. The topological polar surface area (TPSA) is 50.2 Å². The molecule has 78 valence electrons. The molecule has 0 unspecified atom stereocenters. The van der Waals surface area contributed by atoms with Gasteiger partial charge in [0.05, 0.1) is 0 Å². The van der Waals surface area contributed by atoms with Gasteiger partial charge in [-0.15, -0.1) is 12.4 Å². The van der Waals surface area contributed by atoms with Crippen molar-refractivity contribution in [3.63, 3.8) is 0 Å². The predicted octanol–water partition coefficient (Wildman–Crippen LogP) is 2.49. The number of carboxylic acids is 1. The van der Waals surface area contributed by atoms with Gasteiger partial charge in [0.25, 0.3) is 0 Å². The van der Waals surface area contributed by atoms with E-state index >= 15 is 0 Å². The number of hydrogen-bond acceptors (Lipinski definition) is 2. The molecule has 0 spiro atoms. The van der Waals surface area contributed by atoms with E-state index in [0.717, 1.165) is 0 Å². The van der Waals surface area contributed by atoms with Crippen molar-refractivity contribution in [2.24, 2.45) is 0 Å². The van der Waals surface area contributed by atoms with E-state index in [4.69, 9.17) is 5.11 Å². The Morgan fingerprint density at radius 3 is 2.80 bits per heavy atom. The zero-order chi connectivity index (χ0) is 10.1. The fraction of sp³-hybridized carbons (Fsp3) is 0. The van der Waals surface area contributed by atoms with Crippen LogP contribution in [-0.4, -0.2) is 16.1 Å². The maximum atomic E-state index is 13.1. The molecule has 2 rings (SSSR count). The van der Waals surface area contributed by atoms with Crippen molar-refractivity contribution in [2.45, 2.75) is 0 Å². The summed E-state index contributed by atoms with van der Waals surface area (Å²) in [4.78, 5) is 14.2. The average molecular weight is 228 g/mol. The van der Waals surface area contributed by atoms with E-state index in [2.05, 4.69) is 4.98 Å². The van der Waals surface area contributed by atoms with E-state index in [-0.39, 0.29) is 18.1 Å². The van der Waals surface area contributed by atoms with Crippen LogP contribution in [0.2, 0.25) is 0 Å². The van der Waals surface area contributed by atoms with E-state index in [0.29, 0.717) is 10.8 Å². The quantitative estimate of drug-likeness (QED) is 0.814. The number of hydrogen-bond donors (Lipinski definition) is 1. The highest BCUT2D eigenvalue weighted by Crippen LogP contribution is 2.17. The highest BCUT2D eigenvalue weighted by Gasteiger charge is 2.06. The van der Waals surface area contributed by atoms with Crippen LogP contribution in [0, 0.1) is 5.82 Å². The maximum Gasteiger partial charge on any atom is 0.354 e. The Hall–Kier alpha value is -1.68. The Morgan fingerprint density at radius 1 is 1.40 bits per heavy atom. The highest BCUT2D eigenvalue weighted by molar-refractivity contribution is 5.92. The van der Waals surface area contributed by atoms with Gasteiger partial charge >= 0.3 is 5.97 Å². The molecule has 0 aliphatic heterocycles. The number of benzene rings is 1. The zero-order valence-electron chi connectivity index (χ0n) is 7.48. The number of fused-ring (bicyclic) bond motifs is 1. The van der Waals surface area contributed by atoms with Gasteiger partial charge in [-0.2, -0.15) is 0 Å². The first-order valence-electron chi connectivity index (χ1n) is 3.96. The van der Waals surface area contributed by atoms with Gasteiger partial charge in [0, 0.05) is 11.6 Å². The monoisotopic (exact) mass is 227 g/mol. The van der Waals surface area contributed by atoms with E-state index in [1.807, 2.05) is 0 Å². The van der Waals surface area contributed by atoms with Crippen molar-refractivity contribution in [1.82, 2.24) is 4.98 Å². The van der Waals surface area contributed by atoms with Gasteiger partial charge in [0.2, 0.25) is 0 Å². The summed E-state index contributed by atoms with van der Waals surface area (Å²) in [5, 5.41) is 9.53. The average Bonchev–Trinajstić information content (AvgIpc) is 2.17. The standard InChI is InChI=1S/C10H6FNO2.ClH/c11-8-3-1-2-6-4-9(10(13)14)12-5-7(6)8;/h1-5H,(H,13,14);1H. The molecule has 3 nitrogen and oxygen atoms in total. The molecular formula is C10H7ClFNO2. The van der Waals surface area contributed by atoms with Crippen molar-refractivity contribution in [1.29, 1.82) is 0 Å². The number of aromatic nitrogens is 1. The van der Waals surface area contributed by atoms with Crippen LogP contribution >= 0.6 is 12.4 Å². The maximum absolute atomic E-state index is 13.1. The molecule has 15 heavy (non-hydrogen) atoms. The Kier molecular flexibility index (Phi) is 3.21. The molecule has 0 saturated carbocycles. The second kappa shape index (κ2) is 4.23. The lowest BCUT2D eigenvalue weighted by atomic mass is 10.1. The van der Waals surface area contributed by atoms with Crippen LogP contribution in [0.3, 0.4) is 0 Å². The molecule has 1 aromatic heterocycles. The summed E-state index contributed by atoms with van der Waals surface area (Å²) >= 11 is 0. The molecule has 0 atom stereocenters. The summed E-state index contributed by atoms with van der Waals surface area (Å²) in [7, 11) is 0. The summed E-state index contributed by atoms with van der Waals surface area (Å²) in [6.45, 7) is 0. The van der Waals surface area contributed by atoms with Gasteiger partial charge in [-0.25, -0.2) is 14.2 Å². The molecule has 1 N–H and O–H groups in total. The first kappa shape index (κ1) is 11.4. The summed E-state index contributed by atoms with van der Waals surface area (Å²) in [6.07, 6.45) is 1.23. The Morgan fingerprint density at radius 2 is 2.13 bits per heavy atom. The van der Waals surface area contributed by atoms with Crippen LogP contribution in [0.5, 0.6) is 0 Å². The number of carbonyl (C=O) groups is 1. The summed E-state index contributed by atoms with van der Waals surface area (Å²) < 4.78 is 13.1. The van der Waals surface area contributed by atoms with E-state index in [1.54, 1.807) is 6.07 Å². The van der Waals surface area contributed by atoms with Gasteiger partial charge in [-0.3, -0.25) is 0 Å². The number of aromatic carboxylic acids is 1. The van der Waals surface area contributed by atoms with Crippen molar-refractivity contribution >= 4 is 29.1 Å². The molecule has 1 heterocycles. The van der Waals surface area contributed by atoms with Gasteiger partial charge in [-0.1, -0.05) is 12.1 Å². The minimum Gasteiger partial charge on any atom is -0.477 e. The lowest BCUT2D eigenvalue weighted by Gasteiger charge is -1.99. The van der Waals surface area contributed by atoms with E-state index in [9.17, 15) is 9.18 Å². The third-order valence-electron chi connectivity index (χ3n) is 1.93. The van der Waals surface area contributed by atoms with Crippen molar-refractivity contribution < 1.29 is 14.3 Å². The van der Waals surface area contributed by atoms with E-state index in [1.165, 1.54) is 24.4 Å². The molecule has 0 bridgehead atoms. The SMILES string of the molecule is Cl.O=C(O)c1cc2cccc(F)c2cn1. The lowest BCUT2D eigenvalue weighted by molar-refractivity contribution is 0.0690. The third-order valence-corrected chi connectivity index (χ3v) is 1.93. The first-order chi connectivity index (χ1) is 6.68. The van der Waals surface area contributed by atoms with Crippen LogP contribution in [-0.2, 0) is 0 Å². The Labute approximate surface area is 91.0 Å². The van der Waals surface area contributed by atoms with Crippen molar-refractivity contribution in [3.05, 3.63) is 42.0 Å². The summed E-state index contributed by atoms with van der Waals surface area (Å²) in [5.74, 6) is -1.51.